The molecule has 0 unspecified atom stereocenters. The number of aliphatic carboxylic acids is 1. The van der Waals surface area contributed by atoms with Gasteiger partial charge in [-0.1, -0.05) is 19.8 Å². The Morgan fingerprint density at radius 1 is 1.36 bits per heavy atom. The zero-order valence-electron chi connectivity index (χ0n) is 9.84. The van der Waals surface area contributed by atoms with Crippen LogP contribution in [0.4, 0.5) is 0 Å². The molecule has 0 aliphatic carbocycles. The molecular weight excluding hydrogens is 178 g/mol. The normalized spacial score (nSPS) is 12.1. The molecule has 84 valence electrons. The van der Waals surface area contributed by atoms with Gasteiger partial charge in [-0.15, -0.1) is 0 Å². The maximum atomic E-state index is 10.9. The Morgan fingerprint density at radius 3 is 2.36 bits per heavy atom. The fourth-order valence-electron chi connectivity index (χ4n) is 1.45. The van der Waals surface area contributed by atoms with E-state index in [0.717, 1.165) is 13.0 Å². The lowest BCUT2D eigenvalue weighted by Gasteiger charge is -2.26. The minimum absolute atomic E-state index is 0.617. The van der Waals surface area contributed by atoms with Crippen LogP contribution in [0, 0.1) is 5.41 Å². The third-order valence-electron chi connectivity index (χ3n) is 2.39. The average Bonchev–Trinajstić information content (AvgIpc) is 2.03. The number of unbranched alkanes of at least 4 members (excludes halogenated alkanes) is 2. The summed E-state index contributed by atoms with van der Waals surface area (Å²) in [6.07, 6.45) is 3.58. The summed E-state index contributed by atoms with van der Waals surface area (Å²) < 4.78 is 0. The molecule has 14 heavy (non-hydrogen) atoms. The zero-order valence-corrected chi connectivity index (χ0v) is 9.84. The van der Waals surface area contributed by atoms with Crippen LogP contribution in [0.3, 0.4) is 0 Å². The maximum Gasteiger partial charge on any atom is 0.310 e. The predicted molar refractivity (Wildman–Crippen MR) is 58.4 cm³/mol. The average molecular weight is 201 g/mol. The molecule has 3 nitrogen and oxygen atoms in total. The molecule has 0 saturated heterocycles. The molecule has 0 saturated carbocycles. The molecule has 1 N–H and O–H groups in total. The smallest absolute Gasteiger partial charge is 0.310 e. The third kappa shape index (κ3) is 5.22. The van der Waals surface area contributed by atoms with Gasteiger partial charge in [-0.2, -0.15) is 0 Å². The van der Waals surface area contributed by atoms with Gasteiger partial charge in [-0.3, -0.25) is 4.79 Å². The van der Waals surface area contributed by atoms with E-state index in [1.807, 2.05) is 7.05 Å². The van der Waals surface area contributed by atoms with Gasteiger partial charge in [0.15, 0.2) is 0 Å². The van der Waals surface area contributed by atoms with E-state index in [2.05, 4.69) is 11.8 Å². The van der Waals surface area contributed by atoms with Crippen LogP contribution >= 0.6 is 0 Å². The monoisotopic (exact) mass is 201 g/mol. The molecule has 0 heterocycles. The number of carboxylic acid groups (broad SMARTS) is 1. The third-order valence-corrected chi connectivity index (χ3v) is 2.39. The molecule has 0 aromatic rings. The number of hydrogen-bond donors (Lipinski definition) is 1. The SMILES string of the molecule is CCCCCN(C)CC(C)(C)C(=O)O. The van der Waals surface area contributed by atoms with Crippen LogP contribution in [-0.2, 0) is 4.79 Å². The molecule has 0 atom stereocenters. The summed E-state index contributed by atoms with van der Waals surface area (Å²) in [7, 11) is 1.99. The summed E-state index contributed by atoms with van der Waals surface area (Å²) in [5, 5.41) is 8.94. The lowest BCUT2D eigenvalue weighted by atomic mass is 9.93. The Balaban J connectivity index is 3.81. The Kier molecular flexibility index (Phi) is 5.77. The Morgan fingerprint density at radius 2 is 1.93 bits per heavy atom. The van der Waals surface area contributed by atoms with E-state index in [0.29, 0.717) is 6.54 Å². The molecule has 0 aromatic carbocycles. The highest BCUT2D eigenvalue weighted by atomic mass is 16.4. The van der Waals surface area contributed by atoms with Crippen molar-refractivity contribution in [3.8, 4) is 0 Å². The molecule has 0 aliphatic rings. The summed E-state index contributed by atoms with van der Waals surface area (Å²) in [5.41, 5.74) is -0.638. The molecule has 0 amide bonds. The first-order valence-electron chi connectivity index (χ1n) is 5.32. The van der Waals surface area contributed by atoms with Crippen LogP contribution in [-0.4, -0.2) is 36.1 Å². The van der Waals surface area contributed by atoms with Crippen molar-refractivity contribution in [1.29, 1.82) is 0 Å². The van der Waals surface area contributed by atoms with Crippen molar-refractivity contribution in [2.24, 2.45) is 5.41 Å². The molecule has 0 bridgehead atoms. The molecule has 0 spiro atoms. The summed E-state index contributed by atoms with van der Waals surface area (Å²) in [6.45, 7) is 7.31. The van der Waals surface area contributed by atoms with Crippen LogP contribution in [0.1, 0.15) is 40.0 Å². The quantitative estimate of drug-likeness (QED) is 0.642. The molecule has 0 radical (unpaired) electrons. The number of hydrogen-bond acceptors (Lipinski definition) is 2. The van der Waals surface area contributed by atoms with Crippen molar-refractivity contribution < 1.29 is 9.90 Å². The first-order valence-corrected chi connectivity index (χ1v) is 5.32. The van der Waals surface area contributed by atoms with Crippen molar-refractivity contribution in [3.05, 3.63) is 0 Å². The van der Waals surface area contributed by atoms with Crippen LogP contribution in [0.2, 0.25) is 0 Å². The highest BCUT2D eigenvalue weighted by Gasteiger charge is 2.28. The van der Waals surface area contributed by atoms with Crippen LogP contribution < -0.4 is 0 Å². The molecule has 0 aliphatic heterocycles. The van der Waals surface area contributed by atoms with Gasteiger partial charge >= 0.3 is 5.97 Å². The van der Waals surface area contributed by atoms with Gasteiger partial charge in [0.2, 0.25) is 0 Å². The molecule has 3 heteroatoms. The van der Waals surface area contributed by atoms with Crippen molar-refractivity contribution in [2.75, 3.05) is 20.1 Å². The van der Waals surface area contributed by atoms with E-state index in [4.69, 9.17) is 5.11 Å². The topological polar surface area (TPSA) is 40.5 Å². The molecule has 0 fully saturated rings. The van der Waals surface area contributed by atoms with E-state index >= 15 is 0 Å². The highest BCUT2D eigenvalue weighted by Crippen LogP contribution is 2.16. The van der Waals surface area contributed by atoms with Gasteiger partial charge in [0, 0.05) is 6.54 Å². The zero-order chi connectivity index (χ0) is 11.2. The van der Waals surface area contributed by atoms with Gasteiger partial charge in [0.25, 0.3) is 0 Å². The van der Waals surface area contributed by atoms with Crippen molar-refractivity contribution >= 4 is 5.97 Å². The van der Waals surface area contributed by atoms with Crippen molar-refractivity contribution in [3.63, 3.8) is 0 Å². The van der Waals surface area contributed by atoms with Gasteiger partial charge in [0.05, 0.1) is 5.41 Å². The summed E-state index contributed by atoms with van der Waals surface area (Å²) in [4.78, 5) is 13.0. The summed E-state index contributed by atoms with van der Waals surface area (Å²) in [6, 6.07) is 0. The molecule has 0 rings (SSSR count). The Bertz CT molecular complexity index is 178. The minimum Gasteiger partial charge on any atom is -0.481 e. The van der Waals surface area contributed by atoms with E-state index in [-0.39, 0.29) is 0 Å². The number of carbonyl (C=O) groups is 1. The van der Waals surface area contributed by atoms with E-state index in [9.17, 15) is 4.79 Å². The predicted octanol–water partition coefficient (Wildman–Crippen LogP) is 2.22. The largest absolute Gasteiger partial charge is 0.481 e. The lowest BCUT2D eigenvalue weighted by Crippen LogP contribution is -2.37. The minimum atomic E-state index is -0.722. The van der Waals surface area contributed by atoms with Gasteiger partial charge in [-0.05, 0) is 33.9 Å². The first kappa shape index (κ1) is 13.4. The van der Waals surface area contributed by atoms with E-state index < -0.39 is 11.4 Å². The molecular formula is C11H23NO2. The van der Waals surface area contributed by atoms with E-state index in [1.165, 1.54) is 12.8 Å². The first-order chi connectivity index (χ1) is 6.40. The fraction of sp³-hybridized carbons (Fsp3) is 0.909. The maximum absolute atomic E-state index is 10.9. The number of nitrogens with zero attached hydrogens (tertiary/aromatic N) is 1. The van der Waals surface area contributed by atoms with Crippen molar-refractivity contribution in [1.82, 2.24) is 4.90 Å². The highest BCUT2D eigenvalue weighted by molar-refractivity contribution is 5.73. The van der Waals surface area contributed by atoms with Crippen molar-refractivity contribution in [2.45, 2.75) is 40.0 Å². The van der Waals surface area contributed by atoms with E-state index in [1.54, 1.807) is 13.8 Å². The summed E-state index contributed by atoms with van der Waals surface area (Å²) in [5.74, 6) is -0.722. The lowest BCUT2D eigenvalue weighted by molar-refractivity contribution is -0.147. The Labute approximate surface area is 87.1 Å². The second-order valence-electron chi connectivity index (χ2n) is 4.63. The molecule has 0 aromatic heterocycles. The standard InChI is InChI=1S/C11H23NO2/c1-5-6-7-8-12(4)9-11(2,3)10(13)14/h5-9H2,1-4H3,(H,13,14). The summed E-state index contributed by atoms with van der Waals surface area (Å²) >= 11 is 0. The van der Waals surface area contributed by atoms with Crippen LogP contribution in [0.25, 0.3) is 0 Å². The number of rotatable bonds is 7. The second-order valence-corrected chi connectivity index (χ2v) is 4.63. The van der Waals surface area contributed by atoms with Crippen LogP contribution in [0.15, 0.2) is 0 Å². The fourth-order valence-corrected chi connectivity index (χ4v) is 1.45. The van der Waals surface area contributed by atoms with Gasteiger partial charge in [0.1, 0.15) is 0 Å². The Hall–Kier alpha value is -0.570. The second kappa shape index (κ2) is 6.02. The number of carboxylic acids is 1. The van der Waals surface area contributed by atoms with Crippen LogP contribution in [0.5, 0.6) is 0 Å². The van der Waals surface area contributed by atoms with Gasteiger partial charge in [-0.25, -0.2) is 0 Å². The van der Waals surface area contributed by atoms with Gasteiger partial charge < -0.3 is 10.0 Å².